The van der Waals surface area contributed by atoms with Crippen molar-refractivity contribution in [2.75, 3.05) is 25.0 Å². The van der Waals surface area contributed by atoms with E-state index >= 15 is 0 Å². The Morgan fingerprint density at radius 3 is 2.60 bits per heavy atom. The van der Waals surface area contributed by atoms with E-state index in [0.29, 0.717) is 12.5 Å². The second-order valence-electron chi connectivity index (χ2n) is 6.72. The van der Waals surface area contributed by atoms with Gasteiger partial charge in [0.2, 0.25) is 5.91 Å². The fourth-order valence-corrected chi connectivity index (χ4v) is 3.34. The van der Waals surface area contributed by atoms with Crippen molar-refractivity contribution < 1.29 is 9.32 Å². The summed E-state index contributed by atoms with van der Waals surface area (Å²) >= 11 is 0. The zero-order valence-corrected chi connectivity index (χ0v) is 15.3. The molecule has 1 aliphatic heterocycles. The summed E-state index contributed by atoms with van der Waals surface area (Å²) in [6.07, 6.45) is 3.84. The zero-order valence-electron chi connectivity index (χ0n) is 15.3. The molecule has 2 aromatic heterocycles. The Bertz CT molecular complexity index is 730. The number of piperidine rings is 1. The molecule has 0 bridgehead atoms. The van der Waals surface area contributed by atoms with Crippen LogP contribution in [0, 0.1) is 20.8 Å². The predicted molar refractivity (Wildman–Crippen MR) is 94.5 cm³/mol. The summed E-state index contributed by atoms with van der Waals surface area (Å²) in [6, 6.07) is 2.38. The summed E-state index contributed by atoms with van der Waals surface area (Å²) in [5, 5.41) is 3.93. The minimum absolute atomic E-state index is 0.147. The van der Waals surface area contributed by atoms with Crippen molar-refractivity contribution in [1.29, 1.82) is 0 Å². The van der Waals surface area contributed by atoms with E-state index in [0.717, 1.165) is 54.5 Å². The molecule has 1 fully saturated rings. The van der Waals surface area contributed by atoms with Crippen LogP contribution < -0.4 is 4.90 Å². The highest BCUT2D eigenvalue weighted by atomic mass is 16.5. The van der Waals surface area contributed by atoms with E-state index in [1.807, 2.05) is 31.7 Å². The van der Waals surface area contributed by atoms with Crippen molar-refractivity contribution in [2.45, 2.75) is 46.1 Å². The Hall–Kier alpha value is -2.44. The van der Waals surface area contributed by atoms with Crippen LogP contribution in [-0.4, -0.2) is 52.1 Å². The van der Waals surface area contributed by atoms with Crippen molar-refractivity contribution >= 4 is 11.7 Å². The molecule has 7 heteroatoms. The van der Waals surface area contributed by atoms with Crippen LogP contribution in [0.15, 0.2) is 16.9 Å². The van der Waals surface area contributed by atoms with E-state index in [2.05, 4.69) is 27.1 Å². The summed E-state index contributed by atoms with van der Waals surface area (Å²) in [5.41, 5.74) is 2.68. The quantitative estimate of drug-likeness (QED) is 0.846. The van der Waals surface area contributed by atoms with Gasteiger partial charge in [0, 0.05) is 43.5 Å². The maximum absolute atomic E-state index is 12.6. The summed E-state index contributed by atoms with van der Waals surface area (Å²) in [5.74, 6) is 1.82. The first-order valence-electron chi connectivity index (χ1n) is 8.66. The van der Waals surface area contributed by atoms with Crippen molar-refractivity contribution in [1.82, 2.24) is 20.0 Å². The number of aromatic nitrogens is 3. The summed E-state index contributed by atoms with van der Waals surface area (Å²) in [6.45, 7) is 7.23. The molecule has 25 heavy (non-hydrogen) atoms. The first kappa shape index (κ1) is 17.4. The van der Waals surface area contributed by atoms with E-state index < -0.39 is 0 Å². The van der Waals surface area contributed by atoms with E-state index in [1.54, 1.807) is 6.33 Å². The first-order valence-corrected chi connectivity index (χ1v) is 8.66. The Balaban J connectivity index is 1.57. The predicted octanol–water partition coefficient (Wildman–Crippen LogP) is 2.06. The molecule has 1 amide bonds. The molecular formula is C18H25N5O2. The molecule has 0 aliphatic carbocycles. The summed E-state index contributed by atoms with van der Waals surface area (Å²) in [7, 11) is 2.06. The number of likely N-dealkylation sites (tertiary alicyclic amines) is 1. The smallest absolute Gasteiger partial charge is 0.227 e. The molecule has 0 aromatic carbocycles. The number of rotatable bonds is 4. The number of nitrogens with zero attached hydrogens (tertiary/aromatic N) is 5. The molecule has 0 unspecified atom stereocenters. The molecule has 7 nitrogen and oxygen atoms in total. The minimum Gasteiger partial charge on any atom is -0.361 e. The molecule has 2 aromatic rings. The maximum atomic E-state index is 12.6. The zero-order chi connectivity index (χ0) is 18.0. The number of amides is 1. The van der Waals surface area contributed by atoms with Gasteiger partial charge in [-0.1, -0.05) is 5.16 Å². The SMILES string of the molecule is Cc1cc(N(C)C2CCN(C(=O)Cc3c(C)noc3C)CC2)ncn1. The lowest BCUT2D eigenvalue weighted by Crippen LogP contribution is -2.46. The third kappa shape index (κ3) is 3.81. The normalized spacial score (nSPS) is 15.4. The van der Waals surface area contributed by atoms with Crippen LogP contribution in [0.5, 0.6) is 0 Å². The van der Waals surface area contributed by atoms with Crippen LogP contribution in [0.4, 0.5) is 5.82 Å². The average molecular weight is 343 g/mol. The first-order chi connectivity index (χ1) is 12.0. The molecule has 134 valence electrons. The highest BCUT2D eigenvalue weighted by molar-refractivity contribution is 5.79. The Labute approximate surface area is 148 Å². The number of hydrogen-bond acceptors (Lipinski definition) is 6. The number of hydrogen-bond donors (Lipinski definition) is 0. The molecule has 0 spiro atoms. The van der Waals surface area contributed by atoms with Gasteiger partial charge in [0.15, 0.2) is 0 Å². The van der Waals surface area contributed by atoms with Crippen molar-refractivity contribution in [2.24, 2.45) is 0 Å². The molecule has 3 heterocycles. The molecular weight excluding hydrogens is 318 g/mol. The second-order valence-corrected chi connectivity index (χ2v) is 6.72. The van der Waals surface area contributed by atoms with Gasteiger partial charge in [-0.15, -0.1) is 0 Å². The number of aryl methyl sites for hydroxylation is 3. The van der Waals surface area contributed by atoms with E-state index in [1.165, 1.54) is 0 Å². The average Bonchev–Trinajstić information content (AvgIpc) is 2.93. The molecule has 0 N–H and O–H groups in total. The van der Waals surface area contributed by atoms with Crippen LogP contribution >= 0.6 is 0 Å². The standard InChI is InChI=1S/C18H25N5O2/c1-12-9-17(20-11-19-12)22(4)15-5-7-23(8-6-15)18(24)10-16-13(2)21-25-14(16)3/h9,11,15H,5-8,10H2,1-4H3. The van der Waals surface area contributed by atoms with Crippen molar-refractivity contribution in [3.63, 3.8) is 0 Å². The highest BCUT2D eigenvalue weighted by Gasteiger charge is 2.27. The second kappa shape index (κ2) is 7.21. The topological polar surface area (TPSA) is 75.4 Å². The van der Waals surface area contributed by atoms with Crippen LogP contribution in [0.1, 0.15) is 35.6 Å². The van der Waals surface area contributed by atoms with Gasteiger partial charge in [-0.3, -0.25) is 4.79 Å². The molecule has 0 atom stereocenters. The number of carbonyl (C=O) groups is 1. The molecule has 0 radical (unpaired) electrons. The van der Waals surface area contributed by atoms with E-state index in [-0.39, 0.29) is 5.91 Å². The van der Waals surface area contributed by atoms with Crippen LogP contribution in [0.25, 0.3) is 0 Å². The number of anilines is 1. The van der Waals surface area contributed by atoms with Gasteiger partial charge in [0.25, 0.3) is 0 Å². The molecule has 1 saturated heterocycles. The fraction of sp³-hybridized carbons (Fsp3) is 0.556. The molecule has 1 aliphatic rings. The monoisotopic (exact) mass is 343 g/mol. The Kier molecular flexibility index (Phi) is 5.01. The van der Waals surface area contributed by atoms with Gasteiger partial charge < -0.3 is 14.3 Å². The lowest BCUT2D eigenvalue weighted by Gasteiger charge is -2.37. The van der Waals surface area contributed by atoms with Gasteiger partial charge in [0.1, 0.15) is 17.9 Å². The third-order valence-electron chi connectivity index (χ3n) is 5.02. The Morgan fingerprint density at radius 2 is 2.00 bits per heavy atom. The van der Waals surface area contributed by atoms with Crippen molar-refractivity contribution in [3.8, 4) is 0 Å². The summed E-state index contributed by atoms with van der Waals surface area (Å²) < 4.78 is 5.15. The third-order valence-corrected chi connectivity index (χ3v) is 5.02. The van der Waals surface area contributed by atoms with Crippen LogP contribution in [0.2, 0.25) is 0 Å². The van der Waals surface area contributed by atoms with Gasteiger partial charge in [-0.2, -0.15) is 0 Å². The largest absolute Gasteiger partial charge is 0.361 e. The minimum atomic E-state index is 0.147. The fourth-order valence-electron chi connectivity index (χ4n) is 3.34. The van der Waals surface area contributed by atoms with Gasteiger partial charge in [0.05, 0.1) is 12.1 Å². The molecule has 3 rings (SSSR count). The maximum Gasteiger partial charge on any atom is 0.227 e. The molecule has 0 saturated carbocycles. The highest BCUT2D eigenvalue weighted by Crippen LogP contribution is 2.22. The Morgan fingerprint density at radius 1 is 1.28 bits per heavy atom. The van der Waals surface area contributed by atoms with E-state index in [9.17, 15) is 4.79 Å². The van der Waals surface area contributed by atoms with Gasteiger partial charge in [-0.25, -0.2) is 9.97 Å². The van der Waals surface area contributed by atoms with Gasteiger partial charge >= 0.3 is 0 Å². The van der Waals surface area contributed by atoms with Crippen molar-refractivity contribution in [3.05, 3.63) is 35.1 Å². The lowest BCUT2D eigenvalue weighted by molar-refractivity contribution is -0.131. The lowest BCUT2D eigenvalue weighted by atomic mass is 10.0. The summed E-state index contributed by atoms with van der Waals surface area (Å²) in [4.78, 5) is 25.2. The van der Waals surface area contributed by atoms with Gasteiger partial charge in [-0.05, 0) is 33.6 Å². The van der Waals surface area contributed by atoms with E-state index in [4.69, 9.17) is 4.52 Å². The number of carbonyl (C=O) groups excluding carboxylic acids is 1. The van der Waals surface area contributed by atoms with Crippen LogP contribution in [-0.2, 0) is 11.2 Å². The van der Waals surface area contributed by atoms with Crippen LogP contribution in [0.3, 0.4) is 0 Å².